The fourth-order valence-corrected chi connectivity index (χ4v) is 3.81. The van der Waals surface area contributed by atoms with Crippen LogP contribution in [0, 0.1) is 6.92 Å². The summed E-state index contributed by atoms with van der Waals surface area (Å²) in [6, 6.07) is 9.23. The number of carbonyl (C=O) groups excluding carboxylic acids is 1. The second-order valence-electron chi connectivity index (χ2n) is 7.38. The summed E-state index contributed by atoms with van der Waals surface area (Å²) in [5, 5.41) is 7.25. The van der Waals surface area contributed by atoms with Crippen LogP contribution in [-0.4, -0.2) is 32.4 Å². The van der Waals surface area contributed by atoms with E-state index < -0.39 is 0 Å². The number of amides is 1. The van der Waals surface area contributed by atoms with Crippen LogP contribution in [0.4, 0.5) is 5.82 Å². The fraction of sp³-hybridized carbons (Fsp3) is 0.200. The Morgan fingerprint density at radius 1 is 1.06 bits per heavy atom. The third kappa shape index (κ3) is 4.15. The molecule has 8 nitrogen and oxygen atoms in total. The van der Waals surface area contributed by atoms with E-state index in [1.807, 2.05) is 38.1 Å². The van der Waals surface area contributed by atoms with Crippen LogP contribution in [0.5, 0.6) is 17.2 Å². The molecule has 2 aromatic carbocycles. The van der Waals surface area contributed by atoms with Crippen LogP contribution < -0.4 is 19.5 Å². The summed E-state index contributed by atoms with van der Waals surface area (Å²) in [7, 11) is 4.79. The second-order valence-corrected chi connectivity index (χ2v) is 7.38. The molecule has 1 N–H and O–H groups in total. The van der Waals surface area contributed by atoms with E-state index in [1.54, 1.807) is 33.7 Å². The lowest BCUT2D eigenvalue weighted by Crippen LogP contribution is -2.09. The molecule has 1 amide bonds. The van der Waals surface area contributed by atoms with Crippen LogP contribution in [0.2, 0.25) is 0 Å². The quantitative estimate of drug-likeness (QED) is 0.375. The number of fused-ring (bicyclic) bond motifs is 1. The molecule has 33 heavy (non-hydrogen) atoms. The van der Waals surface area contributed by atoms with Gasteiger partial charge in [0.2, 0.25) is 5.91 Å². The molecule has 0 radical (unpaired) electrons. The smallest absolute Gasteiger partial charge is 0.249 e. The Morgan fingerprint density at radius 3 is 2.52 bits per heavy atom. The molecular weight excluding hydrogens is 424 g/mol. The highest BCUT2D eigenvalue weighted by Gasteiger charge is 2.19. The number of allylic oxidation sites excluding steroid dienone is 1. The van der Waals surface area contributed by atoms with Gasteiger partial charge in [-0.3, -0.25) is 4.79 Å². The number of aryl methyl sites for hydroxylation is 1. The molecule has 2 aromatic heterocycles. The van der Waals surface area contributed by atoms with E-state index in [4.69, 9.17) is 23.2 Å². The number of furan rings is 1. The molecule has 0 atom stereocenters. The van der Waals surface area contributed by atoms with Gasteiger partial charge in [0.1, 0.15) is 17.6 Å². The summed E-state index contributed by atoms with van der Waals surface area (Å²) >= 11 is 0. The average Bonchev–Trinajstić information content (AvgIpc) is 3.48. The van der Waals surface area contributed by atoms with Crippen molar-refractivity contribution in [3.05, 3.63) is 60.1 Å². The number of carbonyl (C=O) groups is 1. The summed E-state index contributed by atoms with van der Waals surface area (Å²) in [6.45, 7) is 3.77. The molecule has 0 aliphatic heterocycles. The van der Waals surface area contributed by atoms with Gasteiger partial charge in [-0.25, -0.2) is 0 Å². The van der Waals surface area contributed by atoms with E-state index in [0.29, 0.717) is 28.6 Å². The van der Waals surface area contributed by atoms with Gasteiger partial charge >= 0.3 is 0 Å². The van der Waals surface area contributed by atoms with Crippen LogP contribution in [-0.2, 0) is 4.79 Å². The molecule has 0 bridgehead atoms. The lowest BCUT2D eigenvalue weighted by molar-refractivity contribution is -0.111. The number of benzene rings is 2. The zero-order chi connectivity index (χ0) is 23.5. The first kappa shape index (κ1) is 22.0. The number of anilines is 1. The molecule has 2 heterocycles. The van der Waals surface area contributed by atoms with E-state index in [1.165, 1.54) is 12.3 Å². The lowest BCUT2D eigenvalue weighted by atomic mass is 9.96. The van der Waals surface area contributed by atoms with Gasteiger partial charge in [-0.15, -0.1) is 0 Å². The first-order valence-corrected chi connectivity index (χ1v) is 10.2. The highest BCUT2D eigenvalue weighted by molar-refractivity contribution is 6.05. The molecule has 0 aliphatic carbocycles. The Morgan fingerprint density at radius 2 is 1.85 bits per heavy atom. The van der Waals surface area contributed by atoms with Gasteiger partial charge in [0.15, 0.2) is 17.3 Å². The average molecular weight is 448 g/mol. The van der Waals surface area contributed by atoms with E-state index in [9.17, 15) is 4.79 Å². The summed E-state index contributed by atoms with van der Waals surface area (Å²) in [5.74, 6) is 1.92. The van der Waals surface area contributed by atoms with Crippen LogP contribution in [0.1, 0.15) is 18.1 Å². The summed E-state index contributed by atoms with van der Waals surface area (Å²) in [4.78, 5) is 12.5. The highest BCUT2D eigenvalue weighted by Crippen LogP contribution is 2.42. The van der Waals surface area contributed by atoms with Crippen LogP contribution in [0.25, 0.3) is 27.7 Å². The normalized spacial score (nSPS) is 11.5. The van der Waals surface area contributed by atoms with Crippen molar-refractivity contribution in [2.75, 3.05) is 26.6 Å². The van der Waals surface area contributed by atoms with E-state index in [2.05, 4.69) is 10.5 Å². The van der Waals surface area contributed by atoms with Crippen molar-refractivity contribution in [3.63, 3.8) is 0 Å². The van der Waals surface area contributed by atoms with Gasteiger partial charge in [-0.2, -0.15) is 0 Å². The highest BCUT2D eigenvalue weighted by atomic mass is 16.5. The third-order valence-corrected chi connectivity index (χ3v) is 5.40. The fourth-order valence-electron chi connectivity index (χ4n) is 3.81. The van der Waals surface area contributed by atoms with Crippen molar-refractivity contribution < 1.29 is 27.9 Å². The first-order chi connectivity index (χ1) is 16.0. The van der Waals surface area contributed by atoms with Crippen LogP contribution in [0.15, 0.2) is 57.9 Å². The monoisotopic (exact) mass is 448 g/mol. The minimum absolute atomic E-state index is 0.325. The summed E-state index contributed by atoms with van der Waals surface area (Å²) in [5.41, 5.74) is 4.84. The summed E-state index contributed by atoms with van der Waals surface area (Å²) < 4.78 is 27.2. The zero-order valence-corrected chi connectivity index (χ0v) is 19.0. The van der Waals surface area contributed by atoms with Crippen LogP contribution in [0.3, 0.4) is 0 Å². The molecule has 8 heteroatoms. The van der Waals surface area contributed by atoms with Crippen molar-refractivity contribution in [2.24, 2.45) is 0 Å². The van der Waals surface area contributed by atoms with Gasteiger partial charge < -0.3 is 28.5 Å². The van der Waals surface area contributed by atoms with E-state index >= 15 is 0 Å². The number of hydrogen-bond donors (Lipinski definition) is 1. The Labute approximate surface area is 190 Å². The molecule has 4 rings (SSSR count). The minimum atomic E-state index is -0.325. The molecule has 4 aromatic rings. The number of rotatable bonds is 7. The third-order valence-electron chi connectivity index (χ3n) is 5.40. The standard InChI is InChI=1S/C25H24N2O6/c1-14(10-23(28)26-22-8-9-33-27-22)17-12-18-19(13-32-25(18)15(2)24(17)31-5)16-6-7-20(29-3)21(11-16)30-4/h6-13H,1-5H3,(H,26,27,28)/b14-10+. The van der Waals surface area contributed by atoms with Crippen molar-refractivity contribution in [1.82, 2.24) is 5.16 Å². The molecule has 0 spiro atoms. The largest absolute Gasteiger partial charge is 0.496 e. The zero-order valence-electron chi connectivity index (χ0n) is 19.0. The van der Waals surface area contributed by atoms with Crippen LogP contribution >= 0.6 is 0 Å². The molecule has 0 saturated heterocycles. The molecule has 0 fully saturated rings. The number of nitrogens with zero attached hydrogens (tertiary/aromatic N) is 1. The van der Waals surface area contributed by atoms with E-state index in [-0.39, 0.29) is 5.91 Å². The summed E-state index contributed by atoms with van der Waals surface area (Å²) in [6.07, 6.45) is 4.59. The predicted octanol–water partition coefficient (Wildman–Crippen LogP) is 5.46. The van der Waals surface area contributed by atoms with Gasteiger partial charge in [0.25, 0.3) is 0 Å². The number of nitrogens with one attached hydrogen (secondary N) is 1. The molecule has 0 unspecified atom stereocenters. The predicted molar refractivity (Wildman–Crippen MR) is 125 cm³/mol. The Hall–Kier alpha value is -4.20. The Bertz CT molecular complexity index is 1330. The Kier molecular flexibility index (Phi) is 6.08. The maximum Gasteiger partial charge on any atom is 0.249 e. The van der Waals surface area contributed by atoms with Crippen molar-refractivity contribution in [3.8, 4) is 28.4 Å². The number of methoxy groups -OCH3 is 3. The first-order valence-electron chi connectivity index (χ1n) is 10.2. The topological polar surface area (TPSA) is 96.0 Å². The maximum atomic E-state index is 12.5. The van der Waals surface area contributed by atoms with Crippen molar-refractivity contribution >= 4 is 28.3 Å². The number of aromatic nitrogens is 1. The van der Waals surface area contributed by atoms with Gasteiger partial charge in [0.05, 0.1) is 27.6 Å². The van der Waals surface area contributed by atoms with Gasteiger partial charge in [-0.1, -0.05) is 11.2 Å². The number of ether oxygens (including phenoxy) is 3. The van der Waals surface area contributed by atoms with Crippen molar-refractivity contribution in [2.45, 2.75) is 13.8 Å². The van der Waals surface area contributed by atoms with Gasteiger partial charge in [-0.05, 0) is 43.2 Å². The van der Waals surface area contributed by atoms with Gasteiger partial charge in [0, 0.05) is 34.2 Å². The second kappa shape index (κ2) is 9.12. The SMILES string of the molecule is COc1ccc(-c2coc3c(C)c(OC)c(/C(C)=C/C(=O)Nc4ccon4)cc23)cc1OC. The molecule has 0 saturated carbocycles. The van der Waals surface area contributed by atoms with E-state index in [0.717, 1.165) is 33.2 Å². The maximum absolute atomic E-state index is 12.5. The lowest BCUT2D eigenvalue weighted by Gasteiger charge is -2.13. The Balaban J connectivity index is 1.81. The van der Waals surface area contributed by atoms with Crippen molar-refractivity contribution in [1.29, 1.82) is 0 Å². The minimum Gasteiger partial charge on any atom is -0.496 e. The molecule has 0 aliphatic rings. The number of hydrogen-bond acceptors (Lipinski definition) is 7. The molecule has 170 valence electrons. The molecular formula is C25H24N2O6.